The van der Waals surface area contributed by atoms with Gasteiger partial charge in [-0.2, -0.15) is 0 Å². The van der Waals surface area contributed by atoms with Crippen molar-refractivity contribution < 1.29 is 61.8 Å². The Morgan fingerprint density at radius 2 is 0.496 bits per heavy atom. The topological polar surface area (TPSA) is 35.2 Å². The number of rotatable bonds is 14. The fraction of sp³-hybridized carbons (Fsp3) is 0. The molecule has 0 N–H and O–H groups in total. The van der Waals surface area contributed by atoms with Gasteiger partial charge >= 0.3 is 0 Å². The first-order valence-corrected chi connectivity index (χ1v) is 46.1. The predicted octanol–water partition coefficient (Wildman–Crippen LogP) is 26.9. The van der Waals surface area contributed by atoms with Gasteiger partial charge in [0, 0.05) is 110 Å². The number of halogens is 13. The van der Waals surface area contributed by atoms with Crippen LogP contribution in [-0.4, -0.2) is 20.1 Å². The lowest BCUT2D eigenvalue weighted by Gasteiger charge is -2.48. The summed E-state index contributed by atoms with van der Waals surface area (Å²) in [7, 11) is 0. The van der Waals surface area contributed by atoms with Gasteiger partial charge in [-0.1, -0.05) is 164 Å². The molecule has 0 spiro atoms. The Labute approximate surface area is 794 Å². The second-order valence-corrected chi connectivity index (χ2v) is 36.7. The molecular weight excluding hydrogens is 1820 g/mol. The number of fused-ring (bicyclic) bond motifs is 16. The minimum Gasteiger partial charge on any atom is -0.457 e. The highest BCUT2D eigenvalue weighted by Crippen LogP contribution is 2.59. The van der Waals surface area contributed by atoms with Crippen LogP contribution in [0.3, 0.4) is 0 Å². The van der Waals surface area contributed by atoms with Crippen LogP contribution in [-0.2, 0) is 0 Å². The van der Waals surface area contributed by atoms with Gasteiger partial charge in [-0.05, 0) is 232 Å². The van der Waals surface area contributed by atoms with E-state index in [1.54, 1.807) is 150 Å². The lowest BCUT2D eigenvalue weighted by molar-refractivity contribution is 0.494. The molecule has 18 aromatic carbocycles. The van der Waals surface area contributed by atoms with Gasteiger partial charge in [0.15, 0.2) is 0 Å². The molecule has 2 aromatic heterocycles. The van der Waals surface area contributed by atoms with Gasteiger partial charge < -0.3 is 43.9 Å². The Morgan fingerprint density at radius 3 is 0.899 bits per heavy atom. The van der Waals surface area contributed by atoms with Crippen LogP contribution < -0.4 is 91.7 Å². The fourth-order valence-corrected chi connectivity index (χ4v) is 24.1. The van der Waals surface area contributed by atoms with Crippen LogP contribution in [0.4, 0.5) is 194 Å². The molecule has 0 amide bonds. The Bertz CT molecular complexity index is 8450. The first-order chi connectivity index (χ1) is 67.9. The van der Waals surface area contributed by atoms with Crippen molar-refractivity contribution in [3.8, 4) is 11.5 Å². The third-order valence-corrected chi connectivity index (χ3v) is 29.4. The normalized spacial score (nSPS) is 13.2. The van der Waals surface area contributed by atoms with E-state index in [-0.39, 0.29) is 118 Å². The van der Waals surface area contributed by atoms with E-state index in [1.165, 1.54) is 101 Å². The van der Waals surface area contributed by atoms with Crippen molar-refractivity contribution in [3.05, 3.63) is 440 Å². The summed E-state index contributed by atoms with van der Waals surface area (Å²) in [6.07, 6.45) is 0. The van der Waals surface area contributed by atoms with Crippen LogP contribution in [0.1, 0.15) is 0 Å². The van der Waals surface area contributed by atoms with E-state index in [0.29, 0.717) is 58.8 Å². The Hall–Kier alpha value is -16.6. The van der Waals surface area contributed by atoms with Gasteiger partial charge in [-0.25, -0.2) is 57.1 Å². The van der Waals surface area contributed by atoms with E-state index < -0.39 is 130 Å². The highest BCUT2D eigenvalue weighted by atomic mass is 32.1. The average Bonchev–Trinajstić information content (AvgIpc) is 1.63. The summed E-state index contributed by atoms with van der Waals surface area (Å²) in [5.74, 6) is -13.3. The molecule has 0 saturated carbocycles. The molecule has 0 fully saturated rings. The zero-order chi connectivity index (χ0) is 93.9. The molecular formula is C112H60B3F13N8OS2. The number of para-hydroxylation sites is 11. The zero-order valence-electron chi connectivity index (χ0n) is 72.1. The van der Waals surface area contributed by atoms with Crippen molar-refractivity contribution >= 4 is 247 Å². The summed E-state index contributed by atoms with van der Waals surface area (Å²) in [5.41, 5.74) is -0.172. The first kappa shape index (κ1) is 83.0. The van der Waals surface area contributed by atoms with Crippen molar-refractivity contribution in [1.82, 2.24) is 0 Å². The molecule has 6 aliphatic heterocycles. The monoisotopic (exact) mass is 1880 g/mol. The fourth-order valence-electron chi connectivity index (χ4n) is 21.5. The van der Waals surface area contributed by atoms with Crippen molar-refractivity contribution in [2.24, 2.45) is 0 Å². The average molecular weight is 1880 g/mol. The van der Waals surface area contributed by atoms with E-state index in [2.05, 4.69) is 0 Å². The number of ether oxygens (including phenoxy) is 1. The summed E-state index contributed by atoms with van der Waals surface area (Å²) in [5, 5.41) is 1.23. The van der Waals surface area contributed by atoms with Gasteiger partial charge in [0.25, 0.3) is 20.1 Å². The van der Waals surface area contributed by atoms with Gasteiger partial charge in [-0.15, -0.1) is 22.7 Å². The Morgan fingerprint density at radius 1 is 0.209 bits per heavy atom. The summed E-state index contributed by atoms with van der Waals surface area (Å²) in [6.45, 7) is -3.67. The summed E-state index contributed by atoms with van der Waals surface area (Å²) < 4.78 is 247. The van der Waals surface area contributed by atoms with E-state index in [9.17, 15) is 0 Å². The summed E-state index contributed by atoms with van der Waals surface area (Å²) >= 11 is 2.69. The lowest BCUT2D eigenvalue weighted by atomic mass is 9.30. The molecule has 0 unspecified atom stereocenters. The molecule has 8 heterocycles. The minimum atomic E-state index is -1.41. The van der Waals surface area contributed by atoms with Crippen LogP contribution in [0.15, 0.2) is 364 Å². The number of hydrogen-bond donors (Lipinski definition) is 0. The second-order valence-electron chi connectivity index (χ2n) is 34.5. The van der Waals surface area contributed by atoms with E-state index >= 15 is 57.1 Å². The van der Waals surface area contributed by atoms with Gasteiger partial charge in [0.05, 0.1) is 28.4 Å². The van der Waals surface area contributed by atoms with Gasteiger partial charge in [0.2, 0.25) is 0 Å². The van der Waals surface area contributed by atoms with E-state index in [4.69, 9.17) is 4.74 Å². The molecule has 9 nitrogen and oxygen atoms in total. The van der Waals surface area contributed by atoms with Gasteiger partial charge in [-0.3, -0.25) is 0 Å². The first-order valence-electron chi connectivity index (χ1n) is 44.5. The molecule has 26 rings (SSSR count). The largest absolute Gasteiger partial charge is 0.457 e. The highest BCUT2D eigenvalue weighted by molar-refractivity contribution is 7.34. The number of hydrogen-bond acceptors (Lipinski definition) is 11. The maximum Gasteiger partial charge on any atom is 0.268 e. The van der Waals surface area contributed by atoms with Crippen molar-refractivity contribution in [1.29, 1.82) is 0 Å². The van der Waals surface area contributed by atoms with Crippen LogP contribution in [0.2, 0.25) is 0 Å². The minimum absolute atomic E-state index is 0.00109. The maximum absolute atomic E-state index is 18.9. The second kappa shape index (κ2) is 31.7. The van der Waals surface area contributed by atoms with Crippen molar-refractivity contribution in [2.75, 3.05) is 39.2 Å². The Balaban J connectivity index is 0.841. The molecule has 0 radical (unpaired) electrons. The standard InChI is InChI=1S/C112H60B3F13N8OS2/c116-74-35-15-16-48-87(74)132-94-53-66(130(63-29-9-3-10-30-63)104-75(117)36-19-37-76(104)118)54-95-101(94)114(111-103(132)68-33-13-17-49-98(68)138-111)72-57-70-88(59-90(72)135(95)108-83(125)44-23-45-84(108)126)133(106-79(121)40-21-41-80(106)122)92-51-65(129(61-25-5-1-6-26-61)62-27-7-2-8-28-62)52-93-100(92)113(70)71-58-73-91(60-89(71)134(93)107-81(123)42-22-43-82(107)124)136(109-85(127)46-24-47-86(109)128)96-55-67(131(64-31-11-4-12-32-64)105-77(119)38-20-39-78(105)120)56-97-102(96)115(73)112-110(137-97)69-34-14-18-50-99(69)139-112/h1-60H. The maximum atomic E-state index is 18.9. The molecule has 139 heavy (non-hydrogen) atoms. The zero-order valence-corrected chi connectivity index (χ0v) is 73.7. The van der Waals surface area contributed by atoms with Crippen LogP contribution >= 0.6 is 22.7 Å². The smallest absolute Gasteiger partial charge is 0.268 e. The molecule has 27 heteroatoms. The molecule has 0 aliphatic carbocycles. The SMILES string of the molecule is Fc1ccccc1N1c2cc(N(c3ccccc3)c3c(F)cccc3F)cc3c2B(c2cc4c(cc2N3c2c(F)cccc2F)N(c2c(F)cccc2F)c2cc(N(c3ccccc3)c3ccccc3)cc3c2B4c2cc4c(cc2N3c2c(F)cccc2F)N(c2c(F)cccc2F)c2cc(N(c3ccccc3)c3c(F)cccc3F)cc3c2B4c2sc4ccccc4c2O3)c2sc3ccccc3c21. The Kier molecular flexibility index (Phi) is 19.0. The number of anilines is 24. The molecule has 0 saturated heterocycles. The highest BCUT2D eigenvalue weighted by Gasteiger charge is 2.55. The summed E-state index contributed by atoms with van der Waals surface area (Å²) in [4.78, 5) is 11.6. The van der Waals surface area contributed by atoms with Crippen LogP contribution in [0, 0.1) is 75.6 Å². The number of thiophene rings is 2. The number of benzene rings is 18. The lowest BCUT2D eigenvalue weighted by Crippen LogP contribution is -2.66. The molecule has 0 bridgehead atoms. The van der Waals surface area contributed by atoms with Crippen LogP contribution in [0.25, 0.3) is 20.2 Å². The molecule has 6 aliphatic rings. The third kappa shape index (κ3) is 12.5. The van der Waals surface area contributed by atoms with E-state index in [1.807, 2.05) is 102 Å². The predicted molar refractivity (Wildman–Crippen MR) is 535 cm³/mol. The van der Waals surface area contributed by atoms with Gasteiger partial charge in [0.1, 0.15) is 121 Å². The molecule has 20 aromatic rings. The summed E-state index contributed by atoms with van der Waals surface area (Å²) in [6, 6.07) is 92.4. The molecule has 666 valence electrons. The molecule has 0 atom stereocenters. The third-order valence-electron chi connectivity index (χ3n) is 27.0. The van der Waals surface area contributed by atoms with Crippen molar-refractivity contribution in [2.45, 2.75) is 0 Å². The quantitative estimate of drug-likeness (QED) is 0.0781. The van der Waals surface area contributed by atoms with E-state index in [0.717, 1.165) is 77.5 Å². The van der Waals surface area contributed by atoms with Crippen LogP contribution in [0.5, 0.6) is 11.5 Å². The number of nitrogens with zero attached hydrogens (tertiary/aromatic N) is 8. The van der Waals surface area contributed by atoms with Crippen molar-refractivity contribution in [3.63, 3.8) is 0 Å².